The third-order valence-electron chi connectivity index (χ3n) is 1.38. The van der Waals surface area contributed by atoms with Gasteiger partial charge >= 0.3 is 0 Å². The molecule has 68 valence electrons. The lowest BCUT2D eigenvalue weighted by molar-refractivity contribution is 0.197. The highest BCUT2D eigenvalue weighted by atomic mass is 16.5. The van der Waals surface area contributed by atoms with Crippen molar-refractivity contribution >= 4 is 5.95 Å². The molecule has 1 aromatic rings. The Morgan fingerprint density at radius 3 is 3.17 bits per heavy atom. The summed E-state index contributed by atoms with van der Waals surface area (Å²) < 4.78 is 4.86. The van der Waals surface area contributed by atoms with Crippen LogP contribution in [-0.2, 0) is 4.74 Å². The van der Waals surface area contributed by atoms with Crippen LogP contribution in [0.2, 0.25) is 0 Å². The zero-order chi connectivity index (χ0) is 8.81. The number of methoxy groups -OCH3 is 1. The molecular formula is C7H13N3O2. The predicted molar refractivity (Wildman–Crippen MR) is 45.2 cm³/mol. The van der Waals surface area contributed by atoms with Gasteiger partial charge in [-0.05, 0) is 6.42 Å². The zero-order valence-corrected chi connectivity index (χ0v) is 7.00. The summed E-state index contributed by atoms with van der Waals surface area (Å²) in [5.74, 6) is 0.660. The fourth-order valence-corrected chi connectivity index (χ4v) is 0.825. The molecule has 0 aromatic carbocycles. The molecule has 12 heavy (non-hydrogen) atoms. The van der Waals surface area contributed by atoms with E-state index in [4.69, 9.17) is 9.84 Å². The molecule has 1 heterocycles. The Morgan fingerprint density at radius 1 is 1.75 bits per heavy atom. The van der Waals surface area contributed by atoms with Crippen LogP contribution < -0.4 is 5.32 Å². The number of imidazole rings is 1. The first-order chi connectivity index (χ1) is 5.83. The number of aromatic amines is 1. The minimum absolute atomic E-state index is 0.0734. The second kappa shape index (κ2) is 4.61. The van der Waals surface area contributed by atoms with Gasteiger partial charge in [-0.25, -0.2) is 4.98 Å². The summed E-state index contributed by atoms with van der Waals surface area (Å²) in [7, 11) is 1.67. The second-order valence-corrected chi connectivity index (χ2v) is 2.39. The Labute approximate surface area is 70.8 Å². The van der Waals surface area contributed by atoms with E-state index in [1.54, 1.807) is 7.11 Å². The van der Waals surface area contributed by atoms with Crippen LogP contribution in [0.1, 0.15) is 6.42 Å². The fourth-order valence-electron chi connectivity index (χ4n) is 0.825. The Kier molecular flexibility index (Phi) is 3.40. The number of anilines is 1. The number of nitrogens with one attached hydrogen (secondary N) is 2. The van der Waals surface area contributed by atoms with Gasteiger partial charge in [0.1, 0.15) is 0 Å². The van der Waals surface area contributed by atoms with Crippen molar-refractivity contribution in [2.24, 2.45) is 0 Å². The fraction of sp³-hybridized carbons (Fsp3) is 0.571. The van der Waals surface area contributed by atoms with E-state index in [2.05, 4.69) is 15.3 Å². The van der Waals surface area contributed by atoms with Crippen molar-refractivity contribution < 1.29 is 9.84 Å². The van der Waals surface area contributed by atoms with Gasteiger partial charge in [0.05, 0.1) is 6.20 Å². The van der Waals surface area contributed by atoms with E-state index in [1.807, 2.05) is 0 Å². The van der Waals surface area contributed by atoms with Crippen LogP contribution in [0.25, 0.3) is 0 Å². The van der Waals surface area contributed by atoms with Crippen LogP contribution in [0.3, 0.4) is 0 Å². The predicted octanol–water partition coefficient (Wildman–Crippen LogP) is 0.564. The molecule has 3 N–H and O–H groups in total. The normalized spacial score (nSPS) is 10.1. The van der Waals surface area contributed by atoms with Crippen molar-refractivity contribution in [3.8, 4) is 5.88 Å². The lowest BCUT2D eigenvalue weighted by Gasteiger charge is -2.00. The molecule has 0 saturated heterocycles. The zero-order valence-electron chi connectivity index (χ0n) is 7.00. The highest BCUT2D eigenvalue weighted by Gasteiger charge is 1.95. The third kappa shape index (κ3) is 2.79. The summed E-state index contributed by atoms with van der Waals surface area (Å²) >= 11 is 0. The molecular weight excluding hydrogens is 158 g/mol. The monoisotopic (exact) mass is 171 g/mol. The molecule has 5 nitrogen and oxygen atoms in total. The maximum Gasteiger partial charge on any atom is 0.210 e. The number of aromatic hydroxyl groups is 1. The van der Waals surface area contributed by atoms with E-state index in [1.165, 1.54) is 6.20 Å². The summed E-state index contributed by atoms with van der Waals surface area (Å²) in [5, 5.41) is 11.9. The molecule has 0 saturated carbocycles. The number of H-pyrrole nitrogens is 1. The van der Waals surface area contributed by atoms with E-state index < -0.39 is 0 Å². The summed E-state index contributed by atoms with van der Waals surface area (Å²) in [5.41, 5.74) is 0. The highest BCUT2D eigenvalue weighted by Crippen LogP contribution is 2.06. The van der Waals surface area contributed by atoms with E-state index in [0.29, 0.717) is 5.95 Å². The van der Waals surface area contributed by atoms with Crippen molar-refractivity contribution in [1.29, 1.82) is 0 Å². The van der Waals surface area contributed by atoms with E-state index in [0.717, 1.165) is 19.6 Å². The Bertz CT molecular complexity index is 224. The summed E-state index contributed by atoms with van der Waals surface area (Å²) in [6.07, 6.45) is 2.27. The molecule has 1 rings (SSSR count). The molecule has 0 aliphatic heterocycles. The van der Waals surface area contributed by atoms with Gasteiger partial charge in [0.25, 0.3) is 0 Å². The quantitative estimate of drug-likeness (QED) is 0.566. The topological polar surface area (TPSA) is 70.2 Å². The van der Waals surface area contributed by atoms with Crippen LogP contribution in [0.15, 0.2) is 6.20 Å². The number of hydrogen-bond acceptors (Lipinski definition) is 4. The van der Waals surface area contributed by atoms with Crippen molar-refractivity contribution in [2.45, 2.75) is 6.42 Å². The van der Waals surface area contributed by atoms with Gasteiger partial charge in [0, 0.05) is 20.3 Å². The Balaban J connectivity index is 2.15. The van der Waals surface area contributed by atoms with Gasteiger partial charge in [-0.3, -0.25) is 4.98 Å². The molecule has 0 aliphatic rings. The molecule has 5 heteroatoms. The molecule has 0 radical (unpaired) electrons. The van der Waals surface area contributed by atoms with Gasteiger partial charge in [-0.2, -0.15) is 0 Å². The number of hydrogen-bond donors (Lipinski definition) is 3. The molecule has 0 unspecified atom stereocenters. The lowest BCUT2D eigenvalue weighted by Crippen LogP contribution is -2.05. The van der Waals surface area contributed by atoms with Gasteiger partial charge in [0.15, 0.2) is 0 Å². The minimum atomic E-state index is 0.0734. The summed E-state index contributed by atoms with van der Waals surface area (Å²) in [6.45, 7) is 1.50. The minimum Gasteiger partial charge on any atom is -0.493 e. The second-order valence-electron chi connectivity index (χ2n) is 2.39. The first-order valence-corrected chi connectivity index (χ1v) is 3.79. The standard InChI is InChI=1S/C7H13N3O2/c1-12-4-2-3-8-7-9-5-6(11)10-7/h5,11H,2-4H2,1H3,(H2,8,9,10). The van der Waals surface area contributed by atoms with Crippen molar-refractivity contribution in [1.82, 2.24) is 9.97 Å². The molecule has 0 spiro atoms. The lowest BCUT2D eigenvalue weighted by atomic mass is 10.4. The molecule has 0 aliphatic carbocycles. The molecule has 1 aromatic heterocycles. The number of aromatic nitrogens is 2. The SMILES string of the molecule is COCCCNc1ncc(O)[nH]1. The van der Waals surface area contributed by atoms with Crippen LogP contribution in [0, 0.1) is 0 Å². The average molecular weight is 171 g/mol. The third-order valence-corrected chi connectivity index (χ3v) is 1.38. The number of nitrogens with zero attached hydrogens (tertiary/aromatic N) is 1. The van der Waals surface area contributed by atoms with Crippen molar-refractivity contribution in [3.05, 3.63) is 6.20 Å². The van der Waals surface area contributed by atoms with E-state index in [-0.39, 0.29) is 5.88 Å². The number of ether oxygens (including phenoxy) is 1. The Hall–Kier alpha value is -1.23. The first kappa shape index (κ1) is 8.86. The first-order valence-electron chi connectivity index (χ1n) is 3.79. The van der Waals surface area contributed by atoms with Crippen molar-refractivity contribution in [2.75, 3.05) is 25.6 Å². The van der Waals surface area contributed by atoms with Crippen LogP contribution >= 0.6 is 0 Å². The molecule has 0 atom stereocenters. The molecule has 0 bridgehead atoms. The van der Waals surface area contributed by atoms with E-state index in [9.17, 15) is 0 Å². The van der Waals surface area contributed by atoms with Gasteiger partial charge in [-0.1, -0.05) is 0 Å². The molecule has 0 fully saturated rings. The Morgan fingerprint density at radius 2 is 2.58 bits per heavy atom. The van der Waals surface area contributed by atoms with Crippen LogP contribution in [0.4, 0.5) is 5.95 Å². The highest BCUT2D eigenvalue weighted by molar-refractivity contribution is 5.27. The smallest absolute Gasteiger partial charge is 0.210 e. The van der Waals surface area contributed by atoms with Crippen LogP contribution in [-0.4, -0.2) is 35.3 Å². The van der Waals surface area contributed by atoms with Gasteiger partial charge in [-0.15, -0.1) is 0 Å². The maximum absolute atomic E-state index is 8.87. The van der Waals surface area contributed by atoms with E-state index >= 15 is 0 Å². The molecule has 0 amide bonds. The summed E-state index contributed by atoms with van der Waals surface area (Å²) in [6, 6.07) is 0. The van der Waals surface area contributed by atoms with Gasteiger partial charge in [0.2, 0.25) is 11.8 Å². The maximum atomic E-state index is 8.87. The largest absolute Gasteiger partial charge is 0.493 e. The summed E-state index contributed by atoms with van der Waals surface area (Å²) in [4.78, 5) is 6.50. The average Bonchev–Trinajstić information content (AvgIpc) is 2.45. The van der Waals surface area contributed by atoms with Crippen LogP contribution in [0.5, 0.6) is 5.88 Å². The van der Waals surface area contributed by atoms with Crippen molar-refractivity contribution in [3.63, 3.8) is 0 Å². The number of rotatable bonds is 5. The van der Waals surface area contributed by atoms with Gasteiger partial charge < -0.3 is 15.2 Å².